The quantitative estimate of drug-likeness (QED) is 0.885. The highest BCUT2D eigenvalue weighted by molar-refractivity contribution is 7.89. The van der Waals surface area contributed by atoms with Crippen LogP contribution in [0.5, 0.6) is 0 Å². The standard InChI is InChI=1S/C14H19Cl2NO3S/c1-2-3-10-4-5-17(8-10)21(19,20)14-6-11(9-18)12(15)7-13(14)16/h6-7,10,18H,2-5,8-9H2,1H3. The zero-order valence-electron chi connectivity index (χ0n) is 11.8. The van der Waals surface area contributed by atoms with Crippen LogP contribution >= 0.6 is 23.2 Å². The van der Waals surface area contributed by atoms with E-state index in [0.717, 1.165) is 19.3 Å². The molecule has 0 aromatic heterocycles. The first-order valence-corrected chi connectivity index (χ1v) is 9.18. The van der Waals surface area contributed by atoms with Crippen LogP contribution in [0.2, 0.25) is 10.0 Å². The summed E-state index contributed by atoms with van der Waals surface area (Å²) in [6.45, 7) is 2.82. The van der Waals surface area contributed by atoms with Crippen molar-refractivity contribution in [1.82, 2.24) is 4.31 Å². The second-order valence-electron chi connectivity index (χ2n) is 5.34. The summed E-state index contributed by atoms with van der Waals surface area (Å²) in [5.74, 6) is 0.410. The molecule has 1 aliphatic heterocycles. The molecule has 0 aliphatic carbocycles. The molecule has 4 nitrogen and oxygen atoms in total. The third-order valence-electron chi connectivity index (χ3n) is 3.83. The van der Waals surface area contributed by atoms with E-state index < -0.39 is 10.0 Å². The lowest BCUT2D eigenvalue weighted by Gasteiger charge is -2.18. The molecule has 1 aromatic carbocycles. The Kier molecular flexibility index (Phi) is 5.54. The predicted octanol–water partition coefficient (Wildman–Crippen LogP) is 3.30. The van der Waals surface area contributed by atoms with Gasteiger partial charge in [-0.1, -0.05) is 36.5 Å². The van der Waals surface area contributed by atoms with Crippen molar-refractivity contribution >= 4 is 33.2 Å². The van der Waals surface area contributed by atoms with Crippen LogP contribution in [-0.2, 0) is 16.6 Å². The van der Waals surface area contributed by atoms with Crippen molar-refractivity contribution in [3.8, 4) is 0 Å². The molecule has 1 atom stereocenters. The second kappa shape index (κ2) is 6.84. The van der Waals surface area contributed by atoms with Gasteiger partial charge in [0.2, 0.25) is 10.0 Å². The lowest BCUT2D eigenvalue weighted by atomic mass is 10.0. The van der Waals surface area contributed by atoms with Crippen LogP contribution in [0, 0.1) is 5.92 Å². The number of hydrogen-bond acceptors (Lipinski definition) is 3. The third-order valence-corrected chi connectivity index (χ3v) is 6.52. The summed E-state index contributed by atoms with van der Waals surface area (Å²) in [4.78, 5) is 0.0229. The molecule has 0 amide bonds. The number of halogens is 2. The van der Waals surface area contributed by atoms with Crippen LogP contribution in [-0.4, -0.2) is 30.9 Å². The molecule has 1 unspecified atom stereocenters. The molecular formula is C14H19Cl2NO3S. The topological polar surface area (TPSA) is 57.6 Å². The molecular weight excluding hydrogens is 333 g/mol. The molecule has 1 heterocycles. The Morgan fingerprint density at radius 2 is 2.05 bits per heavy atom. The van der Waals surface area contributed by atoms with Crippen LogP contribution in [0.15, 0.2) is 17.0 Å². The minimum atomic E-state index is -3.64. The molecule has 0 radical (unpaired) electrons. The summed E-state index contributed by atoms with van der Waals surface area (Å²) < 4.78 is 26.9. The minimum Gasteiger partial charge on any atom is -0.392 e. The zero-order valence-corrected chi connectivity index (χ0v) is 14.2. The summed E-state index contributed by atoms with van der Waals surface area (Å²) in [5, 5.41) is 9.60. The van der Waals surface area contributed by atoms with Crippen molar-refractivity contribution in [2.24, 2.45) is 5.92 Å². The second-order valence-corrected chi connectivity index (χ2v) is 8.06. The van der Waals surface area contributed by atoms with Gasteiger partial charge in [0.25, 0.3) is 0 Å². The van der Waals surface area contributed by atoms with Gasteiger partial charge in [-0.15, -0.1) is 0 Å². The summed E-state index contributed by atoms with van der Waals surface area (Å²) in [7, 11) is -3.64. The molecule has 2 rings (SSSR count). The SMILES string of the molecule is CCCC1CCN(S(=O)(=O)c2cc(CO)c(Cl)cc2Cl)C1. The smallest absolute Gasteiger partial charge is 0.244 e. The minimum absolute atomic E-state index is 0.0229. The van der Waals surface area contributed by atoms with Crippen molar-refractivity contribution in [3.05, 3.63) is 27.7 Å². The number of aliphatic hydroxyl groups excluding tert-OH is 1. The summed E-state index contributed by atoms with van der Waals surface area (Å²) in [5.41, 5.74) is 0.365. The van der Waals surface area contributed by atoms with E-state index in [2.05, 4.69) is 6.92 Å². The number of benzene rings is 1. The highest BCUT2D eigenvalue weighted by Crippen LogP contribution is 2.33. The van der Waals surface area contributed by atoms with Crippen LogP contribution < -0.4 is 0 Å². The molecule has 1 saturated heterocycles. The third kappa shape index (κ3) is 3.54. The Morgan fingerprint density at radius 3 is 2.67 bits per heavy atom. The van der Waals surface area contributed by atoms with Crippen molar-refractivity contribution in [2.45, 2.75) is 37.7 Å². The lowest BCUT2D eigenvalue weighted by molar-refractivity contribution is 0.281. The molecule has 0 saturated carbocycles. The molecule has 7 heteroatoms. The highest BCUT2D eigenvalue weighted by atomic mass is 35.5. The Morgan fingerprint density at radius 1 is 1.33 bits per heavy atom. The van der Waals surface area contributed by atoms with Crippen LogP contribution in [0.25, 0.3) is 0 Å². The molecule has 1 aromatic rings. The van der Waals surface area contributed by atoms with Gasteiger partial charge in [0.15, 0.2) is 0 Å². The lowest BCUT2D eigenvalue weighted by Crippen LogP contribution is -2.29. The van der Waals surface area contributed by atoms with E-state index in [1.165, 1.54) is 16.4 Å². The number of sulfonamides is 1. The Labute approximate surface area is 135 Å². The van der Waals surface area contributed by atoms with Gasteiger partial charge in [0, 0.05) is 18.1 Å². The molecule has 0 spiro atoms. The molecule has 118 valence electrons. The van der Waals surface area contributed by atoms with Gasteiger partial charge >= 0.3 is 0 Å². The van der Waals surface area contributed by atoms with E-state index in [0.29, 0.717) is 24.6 Å². The first-order valence-electron chi connectivity index (χ1n) is 6.99. The first-order chi connectivity index (χ1) is 9.90. The van der Waals surface area contributed by atoms with Crippen molar-refractivity contribution in [2.75, 3.05) is 13.1 Å². The average Bonchev–Trinajstić information content (AvgIpc) is 2.88. The largest absolute Gasteiger partial charge is 0.392 e. The maximum absolute atomic E-state index is 12.7. The summed E-state index contributed by atoms with van der Waals surface area (Å²) in [6.07, 6.45) is 2.96. The van der Waals surface area contributed by atoms with Crippen LogP contribution in [0.1, 0.15) is 31.7 Å². The van der Waals surface area contributed by atoms with Crippen LogP contribution in [0.4, 0.5) is 0 Å². The Bertz CT molecular complexity index is 619. The van der Waals surface area contributed by atoms with Gasteiger partial charge in [-0.05, 0) is 36.5 Å². The maximum atomic E-state index is 12.7. The van der Waals surface area contributed by atoms with Crippen molar-refractivity contribution in [1.29, 1.82) is 0 Å². The van der Waals surface area contributed by atoms with Crippen LogP contribution in [0.3, 0.4) is 0 Å². The normalized spacial score (nSPS) is 20.1. The van der Waals surface area contributed by atoms with Gasteiger partial charge in [0.1, 0.15) is 4.90 Å². The number of hydrogen-bond donors (Lipinski definition) is 1. The monoisotopic (exact) mass is 351 g/mol. The average molecular weight is 352 g/mol. The molecule has 1 fully saturated rings. The molecule has 0 bridgehead atoms. The Balaban J connectivity index is 2.32. The Hall–Kier alpha value is -0.330. The van der Waals surface area contributed by atoms with E-state index >= 15 is 0 Å². The number of aliphatic hydroxyl groups is 1. The molecule has 1 N–H and O–H groups in total. The fourth-order valence-electron chi connectivity index (χ4n) is 2.69. The number of rotatable bonds is 5. The van der Waals surface area contributed by atoms with Crippen molar-refractivity contribution < 1.29 is 13.5 Å². The van der Waals surface area contributed by atoms with E-state index in [9.17, 15) is 13.5 Å². The zero-order chi connectivity index (χ0) is 15.6. The van der Waals surface area contributed by atoms with Gasteiger partial charge in [0.05, 0.1) is 11.6 Å². The summed E-state index contributed by atoms with van der Waals surface area (Å²) in [6, 6.07) is 2.74. The fraction of sp³-hybridized carbons (Fsp3) is 0.571. The van der Waals surface area contributed by atoms with E-state index in [1.54, 1.807) is 0 Å². The van der Waals surface area contributed by atoms with E-state index in [4.69, 9.17) is 23.2 Å². The van der Waals surface area contributed by atoms with E-state index in [1.807, 2.05) is 0 Å². The molecule has 21 heavy (non-hydrogen) atoms. The van der Waals surface area contributed by atoms with Gasteiger partial charge in [-0.25, -0.2) is 8.42 Å². The maximum Gasteiger partial charge on any atom is 0.244 e. The summed E-state index contributed by atoms with van der Waals surface area (Å²) >= 11 is 12.0. The predicted molar refractivity (Wildman–Crippen MR) is 84.2 cm³/mol. The van der Waals surface area contributed by atoms with E-state index in [-0.39, 0.29) is 21.5 Å². The molecule has 1 aliphatic rings. The van der Waals surface area contributed by atoms with Gasteiger partial charge < -0.3 is 5.11 Å². The number of nitrogens with zero attached hydrogens (tertiary/aromatic N) is 1. The fourth-order valence-corrected chi connectivity index (χ4v) is 5.05. The van der Waals surface area contributed by atoms with Gasteiger partial charge in [-0.3, -0.25) is 0 Å². The first kappa shape index (κ1) is 17.0. The van der Waals surface area contributed by atoms with Crippen molar-refractivity contribution in [3.63, 3.8) is 0 Å². The van der Waals surface area contributed by atoms with Gasteiger partial charge in [-0.2, -0.15) is 4.31 Å². The highest BCUT2D eigenvalue weighted by Gasteiger charge is 2.33.